The monoisotopic (exact) mass is 364 g/mol. The highest BCUT2D eigenvalue weighted by Crippen LogP contribution is 2.32. The number of carbonyl (C=O) groups excluding carboxylic acids is 2. The van der Waals surface area contributed by atoms with Gasteiger partial charge < -0.3 is 24.8 Å². The first-order valence-electron chi connectivity index (χ1n) is 8.07. The number of nitrogens with zero attached hydrogens (tertiary/aromatic N) is 1. The van der Waals surface area contributed by atoms with Gasteiger partial charge in [0.2, 0.25) is 6.29 Å². The van der Waals surface area contributed by atoms with Crippen molar-refractivity contribution in [2.24, 2.45) is 5.92 Å². The molecule has 1 amide bonds. The van der Waals surface area contributed by atoms with Crippen molar-refractivity contribution in [3.8, 4) is 0 Å². The third-order valence-electron chi connectivity index (χ3n) is 4.37. The second-order valence-corrected chi connectivity index (χ2v) is 5.98. The van der Waals surface area contributed by atoms with E-state index in [0.717, 1.165) is 12.8 Å². The van der Waals surface area contributed by atoms with Crippen molar-refractivity contribution in [3.05, 3.63) is 0 Å². The first-order chi connectivity index (χ1) is 10.9. The zero-order valence-corrected chi connectivity index (χ0v) is 14.7. The molecule has 0 radical (unpaired) electrons. The summed E-state index contributed by atoms with van der Waals surface area (Å²) in [5.74, 6) is -1.40. The third-order valence-corrected chi connectivity index (χ3v) is 4.37. The smallest absolute Gasteiger partial charge is 0.413 e. The van der Waals surface area contributed by atoms with Crippen molar-refractivity contribution in [1.29, 1.82) is 0 Å². The molecular weight excluding hydrogens is 340 g/mol. The first kappa shape index (κ1) is 20.5. The maximum absolute atomic E-state index is 12.2. The molecule has 2 fully saturated rings. The van der Waals surface area contributed by atoms with Gasteiger partial charge in [0, 0.05) is 32.4 Å². The molecule has 2 aliphatic heterocycles. The van der Waals surface area contributed by atoms with E-state index >= 15 is 0 Å². The molecule has 0 aliphatic carbocycles. The topological polar surface area (TPSA) is 105 Å². The van der Waals surface area contributed by atoms with Crippen LogP contribution < -0.4 is 5.32 Å². The number of hydrogen-bond donors (Lipinski definition) is 2. The summed E-state index contributed by atoms with van der Waals surface area (Å²) in [4.78, 5) is 36.4. The van der Waals surface area contributed by atoms with E-state index in [9.17, 15) is 14.4 Å². The number of hydrogen-bond acceptors (Lipinski definition) is 6. The van der Waals surface area contributed by atoms with E-state index in [1.54, 1.807) is 0 Å². The zero-order valence-electron chi connectivity index (χ0n) is 13.9. The molecule has 0 aromatic heterocycles. The summed E-state index contributed by atoms with van der Waals surface area (Å²) in [5, 5.41) is 12.1. The van der Waals surface area contributed by atoms with Crippen molar-refractivity contribution in [2.45, 2.75) is 57.9 Å². The van der Waals surface area contributed by atoms with Crippen LogP contribution in [0.5, 0.6) is 0 Å². The molecule has 0 spiro atoms. The predicted molar refractivity (Wildman–Crippen MR) is 86.8 cm³/mol. The molecule has 4 unspecified atom stereocenters. The number of unbranched alkanes of at least 4 members (excludes halogenated alkanes) is 1. The van der Waals surface area contributed by atoms with E-state index in [1.807, 2.05) is 6.92 Å². The van der Waals surface area contributed by atoms with Gasteiger partial charge in [-0.25, -0.2) is 4.79 Å². The van der Waals surface area contributed by atoms with Gasteiger partial charge >= 0.3 is 18.0 Å². The number of halogens is 1. The van der Waals surface area contributed by atoms with Gasteiger partial charge in [-0.05, 0) is 12.8 Å². The molecule has 0 bridgehead atoms. The first-order valence-corrected chi connectivity index (χ1v) is 8.07. The standard InChI is InChI=1S/C15H24N2O6.ClH/c1-3-4-5-12(18)22-9(2)23-15(21)17-7-6-10-11(17)8-16-13(10)14(19)20;/h9-11,13,16H,3-8H2,1-2H3,(H,19,20);1H. The highest BCUT2D eigenvalue weighted by Gasteiger charge is 2.48. The summed E-state index contributed by atoms with van der Waals surface area (Å²) >= 11 is 0. The van der Waals surface area contributed by atoms with Gasteiger partial charge in [0.1, 0.15) is 6.04 Å². The van der Waals surface area contributed by atoms with Crippen molar-refractivity contribution in [3.63, 3.8) is 0 Å². The van der Waals surface area contributed by atoms with Gasteiger partial charge in [0.25, 0.3) is 0 Å². The van der Waals surface area contributed by atoms with Crippen LogP contribution in [0, 0.1) is 5.92 Å². The molecule has 2 N–H and O–H groups in total. The fourth-order valence-electron chi connectivity index (χ4n) is 3.22. The molecule has 4 atom stereocenters. The van der Waals surface area contributed by atoms with Crippen LogP contribution in [0.3, 0.4) is 0 Å². The van der Waals surface area contributed by atoms with Gasteiger partial charge in [0.15, 0.2) is 0 Å². The molecule has 9 heteroatoms. The maximum atomic E-state index is 12.2. The Morgan fingerprint density at radius 2 is 2.04 bits per heavy atom. The number of esters is 1. The van der Waals surface area contributed by atoms with Crippen LogP contribution in [-0.4, -0.2) is 59.5 Å². The molecule has 2 rings (SSSR count). The summed E-state index contributed by atoms with van der Waals surface area (Å²) < 4.78 is 10.2. The van der Waals surface area contributed by atoms with Gasteiger partial charge in [-0.2, -0.15) is 0 Å². The minimum atomic E-state index is -0.949. The number of likely N-dealkylation sites (tertiary alicyclic amines) is 1. The molecule has 2 saturated heterocycles. The van der Waals surface area contributed by atoms with E-state index < -0.39 is 24.4 Å². The number of nitrogens with one attached hydrogen (secondary N) is 1. The Morgan fingerprint density at radius 1 is 1.33 bits per heavy atom. The summed E-state index contributed by atoms with van der Waals surface area (Å²) in [6, 6.07) is -0.811. The van der Waals surface area contributed by atoms with Crippen LogP contribution in [0.25, 0.3) is 0 Å². The molecule has 0 saturated carbocycles. The number of carboxylic acids is 1. The van der Waals surface area contributed by atoms with E-state index in [0.29, 0.717) is 25.9 Å². The molecule has 2 heterocycles. The lowest BCUT2D eigenvalue weighted by Gasteiger charge is -2.24. The second kappa shape index (κ2) is 9.08. The number of fused-ring (bicyclic) bond motifs is 1. The number of rotatable bonds is 6. The van der Waals surface area contributed by atoms with Crippen LogP contribution in [-0.2, 0) is 19.1 Å². The van der Waals surface area contributed by atoms with Crippen molar-refractivity contribution >= 4 is 30.4 Å². The van der Waals surface area contributed by atoms with Crippen molar-refractivity contribution < 1.29 is 29.0 Å². The van der Waals surface area contributed by atoms with Crippen LogP contribution in [0.1, 0.15) is 39.5 Å². The summed E-state index contributed by atoms with van der Waals surface area (Å²) in [6.07, 6.45) is 1.03. The summed E-state index contributed by atoms with van der Waals surface area (Å²) in [6.45, 7) is 4.36. The average Bonchev–Trinajstić information content (AvgIpc) is 3.05. The molecule has 8 nitrogen and oxygen atoms in total. The Balaban J connectivity index is 0.00000288. The number of amides is 1. The second-order valence-electron chi connectivity index (χ2n) is 5.98. The Kier molecular flexibility index (Phi) is 7.75. The summed E-state index contributed by atoms with van der Waals surface area (Å²) in [5.41, 5.74) is 0. The number of aliphatic carboxylic acids is 1. The van der Waals surface area contributed by atoms with E-state index in [-0.39, 0.29) is 30.3 Å². The Labute approximate surface area is 147 Å². The Hall–Kier alpha value is -1.54. The number of carbonyl (C=O) groups is 3. The molecule has 0 aromatic carbocycles. The molecule has 138 valence electrons. The fraction of sp³-hybridized carbons (Fsp3) is 0.800. The van der Waals surface area contributed by atoms with Crippen LogP contribution in [0.15, 0.2) is 0 Å². The lowest BCUT2D eigenvalue weighted by Crippen LogP contribution is -2.41. The molecule has 2 aliphatic rings. The maximum Gasteiger partial charge on any atom is 0.413 e. The average molecular weight is 365 g/mol. The lowest BCUT2D eigenvalue weighted by molar-refractivity contribution is -0.166. The van der Waals surface area contributed by atoms with E-state index in [2.05, 4.69) is 5.32 Å². The molecular formula is C15H25ClN2O6. The van der Waals surface area contributed by atoms with Crippen LogP contribution in [0.2, 0.25) is 0 Å². The quantitative estimate of drug-likeness (QED) is 0.541. The largest absolute Gasteiger partial charge is 0.480 e. The molecule has 0 aromatic rings. The van der Waals surface area contributed by atoms with Gasteiger partial charge in [0.05, 0.1) is 6.04 Å². The van der Waals surface area contributed by atoms with Crippen LogP contribution >= 0.6 is 12.4 Å². The van der Waals surface area contributed by atoms with E-state index in [1.165, 1.54) is 11.8 Å². The highest BCUT2D eigenvalue weighted by atomic mass is 35.5. The van der Waals surface area contributed by atoms with Gasteiger partial charge in [-0.3, -0.25) is 9.59 Å². The number of ether oxygens (including phenoxy) is 2. The highest BCUT2D eigenvalue weighted by molar-refractivity contribution is 5.85. The van der Waals surface area contributed by atoms with Gasteiger partial charge in [-0.15, -0.1) is 12.4 Å². The fourth-order valence-corrected chi connectivity index (χ4v) is 3.22. The van der Waals surface area contributed by atoms with E-state index in [4.69, 9.17) is 14.6 Å². The Morgan fingerprint density at radius 3 is 2.67 bits per heavy atom. The third kappa shape index (κ3) is 4.73. The minimum Gasteiger partial charge on any atom is -0.480 e. The number of carboxylic acid groups (broad SMARTS) is 1. The normalized spacial score (nSPS) is 26.2. The van der Waals surface area contributed by atoms with Crippen molar-refractivity contribution in [2.75, 3.05) is 13.1 Å². The van der Waals surface area contributed by atoms with Crippen LogP contribution in [0.4, 0.5) is 4.79 Å². The summed E-state index contributed by atoms with van der Waals surface area (Å²) in [7, 11) is 0. The SMILES string of the molecule is CCCCC(=O)OC(C)OC(=O)N1CCC2C(C(=O)O)NCC21.Cl. The van der Waals surface area contributed by atoms with Crippen molar-refractivity contribution in [1.82, 2.24) is 10.2 Å². The molecule has 24 heavy (non-hydrogen) atoms. The van der Waals surface area contributed by atoms with Gasteiger partial charge in [-0.1, -0.05) is 13.3 Å². The zero-order chi connectivity index (χ0) is 17.0. The lowest BCUT2D eigenvalue weighted by atomic mass is 9.97. The Bertz CT molecular complexity index is 475. The predicted octanol–water partition coefficient (Wildman–Crippen LogP) is 1.37. The minimum absolute atomic E-state index is 0.